The Labute approximate surface area is 120 Å². The molecule has 1 aromatic carbocycles. The summed E-state index contributed by atoms with van der Waals surface area (Å²) in [6.45, 7) is 3.58. The number of nitrogens with one attached hydrogen (secondary N) is 1. The number of carbonyl (C=O) groups excluding carboxylic acids is 1. The summed E-state index contributed by atoms with van der Waals surface area (Å²) in [6.07, 6.45) is 3.28. The number of piperazine rings is 1. The Morgan fingerprint density at radius 2 is 1.95 bits per heavy atom. The average Bonchev–Trinajstić information content (AvgIpc) is 2.47. The Balaban J connectivity index is 0.00000133. The van der Waals surface area contributed by atoms with Crippen LogP contribution in [0.1, 0.15) is 29.9 Å². The summed E-state index contributed by atoms with van der Waals surface area (Å²) >= 11 is 0. The van der Waals surface area contributed by atoms with Gasteiger partial charge >= 0.3 is 0 Å². The lowest BCUT2D eigenvalue weighted by Gasteiger charge is -2.33. The summed E-state index contributed by atoms with van der Waals surface area (Å²) in [7, 11) is 0. The van der Waals surface area contributed by atoms with Gasteiger partial charge in [-0.05, 0) is 30.4 Å². The number of halogens is 1. The summed E-state index contributed by atoms with van der Waals surface area (Å²) in [5.74, 6) is 0.441. The van der Waals surface area contributed by atoms with Crippen LogP contribution in [0, 0.1) is 0 Å². The summed E-state index contributed by atoms with van der Waals surface area (Å²) in [4.78, 5) is 14.6. The van der Waals surface area contributed by atoms with E-state index in [2.05, 4.69) is 29.6 Å². The maximum absolute atomic E-state index is 12.6. The topological polar surface area (TPSA) is 32.3 Å². The molecule has 2 aliphatic rings. The molecule has 0 aromatic heterocycles. The molecular weight excluding hydrogens is 260 g/mol. The van der Waals surface area contributed by atoms with E-state index in [-0.39, 0.29) is 18.3 Å². The van der Waals surface area contributed by atoms with Crippen LogP contribution in [-0.2, 0) is 11.2 Å². The number of rotatable bonds is 1. The fourth-order valence-electron chi connectivity index (χ4n) is 3.12. The molecule has 1 amide bonds. The molecule has 4 heteroatoms. The highest BCUT2D eigenvalue weighted by molar-refractivity contribution is 5.85. The highest BCUT2D eigenvalue weighted by atomic mass is 35.5. The third kappa shape index (κ3) is 2.93. The highest BCUT2D eigenvalue weighted by Gasteiger charge is 2.30. The van der Waals surface area contributed by atoms with Crippen molar-refractivity contribution in [1.82, 2.24) is 10.2 Å². The van der Waals surface area contributed by atoms with E-state index >= 15 is 0 Å². The molecule has 1 unspecified atom stereocenters. The van der Waals surface area contributed by atoms with Gasteiger partial charge < -0.3 is 10.2 Å². The number of fused-ring (bicyclic) bond motifs is 1. The summed E-state index contributed by atoms with van der Waals surface area (Å²) in [5, 5.41) is 3.30. The lowest BCUT2D eigenvalue weighted by Crippen LogP contribution is -2.48. The van der Waals surface area contributed by atoms with Gasteiger partial charge in [0.1, 0.15) is 0 Å². The van der Waals surface area contributed by atoms with Crippen molar-refractivity contribution >= 4 is 18.3 Å². The van der Waals surface area contributed by atoms with Gasteiger partial charge in [-0.15, -0.1) is 12.4 Å². The fraction of sp³-hybridized carbons (Fsp3) is 0.533. The number of carbonyl (C=O) groups is 1. The molecule has 1 heterocycles. The Morgan fingerprint density at radius 3 is 2.74 bits per heavy atom. The van der Waals surface area contributed by atoms with E-state index in [0.717, 1.165) is 45.4 Å². The molecule has 1 fully saturated rings. The average molecular weight is 281 g/mol. The first-order valence-corrected chi connectivity index (χ1v) is 6.93. The lowest BCUT2D eigenvalue weighted by molar-refractivity contribution is -0.133. The second-order valence-electron chi connectivity index (χ2n) is 5.22. The van der Waals surface area contributed by atoms with Crippen molar-refractivity contribution < 1.29 is 4.79 Å². The van der Waals surface area contributed by atoms with E-state index in [9.17, 15) is 4.79 Å². The van der Waals surface area contributed by atoms with Gasteiger partial charge in [-0.25, -0.2) is 0 Å². The van der Waals surface area contributed by atoms with E-state index < -0.39 is 0 Å². The zero-order valence-corrected chi connectivity index (χ0v) is 11.9. The Hall–Kier alpha value is -1.06. The maximum atomic E-state index is 12.6. The zero-order valence-electron chi connectivity index (χ0n) is 11.1. The molecule has 1 aromatic rings. The van der Waals surface area contributed by atoms with Gasteiger partial charge in [-0.1, -0.05) is 24.3 Å². The van der Waals surface area contributed by atoms with Crippen LogP contribution in [-0.4, -0.2) is 37.0 Å². The molecule has 0 spiro atoms. The summed E-state index contributed by atoms with van der Waals surface area (Å²) in [5.41, 5.74) is 2.64. The number of aryl methyl sites for hydroxylation is 1. The highest BCUT2D eigenvalue weighted by Crippen LogP contribution is 2.32. The van der Waals surface area contributed by atoms with Crippen molar-refractivity contribution in [3.8, 4) is 0 Å². The van der Waals surface area contributed by atoms with Crippen LogP contribution in [0.5, 0.6) is 0 Å². The van der Waals surface area contributed by atoms with E-state index in [1.807, 2.05) is 4.90 Å². The summed E-state index contributed by atoms with van der Waals surface area (Å²) < 4.78 is 0. The van der Waals surface area contributed by atoms with Gasteiger partial charge in [0.25, 0.3) is 0 Å². The monoisotopic (exact) mass is 280 g/mol. The molecule has 19 heavy (non-hydrogen) atoms. The van der Waals surface area contributed by atoms with Gasteiger partial charge in [0.2, 0.25) is 5.91 Å². The molecule has 0 radical (unpaired) electrons. The quantitative estimate of drug-likeness (QED) is 0.853. The van der Waals surface area contributed by atoms with Gasteiger partial charge in [0, 0.05) is 26.2 Å². The van der Waals surface area contributed by atoms with Crippen molar-refractivity contribution in [2.45, 2.75) is 25.2 Å². The van der Waals surface area contributed by atoms with Gasteiger partial charge in [-0.2, -0.15) is 0 Å². The molecule has 1 saturated heterocycles. The number of benzene rings is 1. The van der Waals surface area contributed by atoms with Crippen molar-refractivity contribution in [1.29, 1.82) is 0 Å². The first-order valence-electron chi connectivity index (χ1n) is 6.93. The Morgan fingerprint density at radius 1 is 1.21 bits per heavy atom. The first kappa shape index (κ1) is 14.4. The minimum Gasteiger partial charge on any atom is -0.340 e. The molecule has 0 bridgehead atoms. The lowest BCUT2D eigenvalue weighted by atomic mass is 9.82. The van der Waals surface area contributed by atoms with E-state index in [1.165, 1.54) is 11.1 Å². The molecule has 1 N–H and O–H groups in total. The molecular formula is C15H21ClN2O. The predicted octanol–water partition coefficient (Wildman–Crippen LogP) is 1.96. The van der Waals surface area contributed by atoms with Crippen molar-refractivity contribution in [2.75, 3.05) is 26.2 Å². The van der Waals surface area contributed by atoms with E-state index in [1.54, 1.807) is 0 Å². The van der Waals surface area contributed by atoms with Crippen LogP contribution in [0.3, 0.4) is 0 Å². The minimum absolute atomic E-state index is 0. The second-order valence-corrected chi connectivity index (χ2v) is 5.22. The maximum Gasteiger partial charge on any atom is 0.230 e. The zero-order chi connectivity index (χ0) is 12.4. The third-order valence-corrected chi connectivity index (χ3v) is 4.10. The standard InChI is InChI=1S/C15H20N2O.ClH/c18-15(17-10-8-16-9-11-17)14-7-3-5-12-4-1-2-6-13(12)14;/h1-2,4,6,14,16H,3,5,7-11H2;1H. The van der Waals surface area contributed by atoms with Crippen LogP contribution in [0.15, 0.2) is 24.3 Å². The van der Waals surface area contributed by atoms with Crippen LogP contribution in [0.25, 0.3) is 0 Å². The molecule has 0 saturated carbocycles. The Bertz CT molecular complexity index is 444. The van der Waals surface area contributed by atoms with Gasteiger partial charge in [-0.3, -0.25) is 4.79 Å². The molecule has 1 aliphatic heterocycles. The molecule has 3 rings (SSSR count). The largest absolute Gasteiger partial charge is 0.340 e. The number of amides is 1. The number of hydrogen-bond donors (Lipinski definition) is 1. The SMILES string of the molecule is Cl.O=C(C1CCCc2ccccc21)N1CCNCC1. The number of nitrogens with zero attached hydrogens (tertiary/aromatic N) is 1. The smallest absolute Gasteiger partial charge is 0.230 e. The van der Waals surface area contributed by atoms with Gasteiger partial charge in [0.15, 0.2) is 0 Å². The van der Waals surface area contributed by atoms with Crippen LogP contribution in [0.4, 0.5) is 0 Å². The van der Waals surface area contributed by atoms with Crippen LogP contribution < -0.4 is 5.32 Å². The molecule has 1 atom stereocenters. The first-order chi connectivity index (χ1) is 8.86. The number of hydrogen-bond acceptors (Lipinski definition) is 2. The Kier molecular flexibility index (Phi) is 4.83. The van der Waals surface area contributed by atoms with E-state index in [4.69, 9.17) is 0 Å². The minimum atomic E-state index is 0. The molecule has 104 valence electrons. The molecule has 1 aliphatic carbocycles. The van der Waals surface area contributed by atoms with Crippen molar-refractivity contribution in [2.24, 2.45) is 0 Å². The molecule has 3 nitrogen and oxygen atoms in total. The van der Waals surface area contributed by atoms with Crippen LogP contribution in [0.2, 0.25) is 0 Å². The van der Waals surface area contributed by atoms with Gasteiger partial charge in [0.05, 0.1) is 5.92 Å². The fourth-order valence-corrected chi connectivity index (χ4v) is 3.12. The van der Waals surface area contributed by atoms with Crippen LogP contribution >= 0.6 is 12.4 Å². The van der Waals surface area contributed by atoms with E-state index in [0.29, 0.717) is 5.91 Å². The third-order valence-electron chi connectivity index (χ3n) is 4.10. The second kappa shape index (κ2) is 6.40. The summed E-state index contributed by atoms with van der Waals surface area (Å²) in [6, 6.07) is 8.45. The van der Waals surface area contributed by atoms with Crippen molar-refractivity contribution in [3.05, 3.63) is 35.4 Å². The van der Waals surface area contributed by atoms with Crippen molar-refractivity contribution in [3.63, 3.8) is 0 Å². The normalized spacial score (nSPS) is 22.3. The predicted molar refractivity (Wildman–Crippen MR) is 78.8 cm³/mol.